The van der Waals surface area contributed by atoms with Gasteiger partial charge in [0.25, 0.3) is 0 Å². The van der Waals surface area contributed by atoms with Gasteiger partial charge in [-0.15, -0.1) is 0 Å². The van der Waals surface area contributed by atoms with Crippen LogP contribution in [0.4, 0.5) is 4.39 Å². The predicted octanol–water partition coefficient (Wildman–Crippen LogP) is 1.21. The Kier molecular flexibility index (Phi) is 3.84. The summed E-state index contributed by atoms with van der Waals surface area (Å²) in [6, 6.07) is 3.92. The van der Waals surface area contributed by atoms with E-state index in [1.165, 1.54) is 18.2 Å². The molecule has 0 radical (unpaired) electrons. The third-order valence-corrected chi connectivity index (χ3v) is 1.63. The lowest BCUT2D eigenvalue weighted by molar-refractivity contribution is 0.112. The van der Waals surface area contributed by atoms with E-state index in [0.29, 0.717) is 24.0 Å². The lowest BCUT2D eigenvalue weighted by atomic mass is 10.1. The third kappa shape index (κ3) is 2.68. The fourth-order valence-corrected chi connectivity index (χ4v) is 0.967. The number of hydrogen-bond donors (Lipinski definition) is 1. The van der Waals surface area contributed by atoms with Gasteiger partial charge < -0.3 is 5.32 Å². The van der Waals surface area contributed by atoms with Crippen LogP contribution < -0.4 is 5.32 Å². The van der Waals surface area contributed by atoms with Crippen molar-refractivity contribution in [3.8, 4) is 11.8 Å². The van der Waals surface area contributed by atoms with Crippen molar-refractivity contribution in [1.82, 2.24) is 5.32 Å². The topological polar surface area (TPSA) is 29.1 Å². The lowest BCUT2D eigenvalue weighted by Crippen LogP contribution is -2.04. The molecule has 0 fully saturated rings. The number of benzene rings is 1. The minimum atomic E-state index is -0.385. The number of halogens is 1. The van der Waals surface area contributed by atoms with Gasteiger partial charge in [0.1, 0.15) is 5.82 Å². The van der Waals surface area contributed by atoms with Crippen molar-refractivity contribution in [3.63, 3.8) is 0 Å². The van der Waals surface area contributed by atoms with Gasteiger partial charge in [0.15, 0.2) is 6.29 Å². The van der Waals surface area contributed by atoms with Crippen molar-refractivity contribution in [1.29, 1.82) is 0 Å². The van der Waals surface area contributed by atoms with Crippen LogP contribution in [0.3, 0.4) is 0 Å². The molecule has 1 rings (SSSR count). The summed E-state index contributed by atoms with van der Waals surface area (Å²) < 4.78 is 12.8. The monoisotopic (exact) mass is 191 g/mol. The van der Waals surface area contributed by atoms with Crippen molar-refractivity contribution >= 4 is 6.29 Å². The second-order valence-electron chi connectivity index (χ2n) is 2.68. The zero-order valence-electron chi connectivity index (χ0n) is 7.80. The molecule has 0 unspecified atom stereocenters. The number of rotatable bonds is 2. The molecule has 14 heavy (non-hydrogen) atoms. The molecule has 0 heterocycles. The second-order valence-corrected chi connectivity index (χ2v) is 2.68. The number of aldehydes is 1. The SMILES string of the molecule is CNCC#Cc1cc(F)ccc1C=O. The van der Waals surface area contributed by atoms with Gasteiger partial charge in [0.05, 0.1) is 6.54 Å². The van der Waals surface area contributed by atoms with Gasteiger partial charge in [-0.05, 0) is 25.2 Å². The van der Waals surface area contributed by atoms with Crippen LogP contribution in [0.15, 0.2) is 18.2 Å². The zero-order chi connectivity index (χ0) is 10.4. The van der Waals surface area contributed by atoms with Gasteiger partial charge in [-0.25, -0.2) is 4.39 Å². The van der Waals surface area contributed by atoms with Crippen LogP contribution in [-0.2, 0) is 0 Å². The molecule has 3 heteroatoms. The van der Waals surface area contributed by atoms with Crippen molar-refractivity contribution in [2.45, 2.75) is 0 Å². The van der Waals surface area contributed by atoms with E-state index in [-0.39, 0.29) is 5.82 Å². The Morgan fingerprint density at radius 3 is 3.00 bits per heavy atom. The summed E-state index contributed by atoms with van der Waals surface area (Å²) in [5, 5.41) is 2.83. The molecule has 0 bridgehead atoms. The first-order valence-electron chi connectivity index (χ1n) is 4.16. The quantitative estimate of drug-likeness (QED) is 0.562. The lowest BCUT2D eigenvalue weighted by Gasteiger charge is -1.95. The largest absolute Gasteiger partial charge is 0.309 e. The molecule has 1 aromatic rings. The Morgan fingerprint density at radius 2 is 2.36 bits per heavy atom. The maximum absolute atomic E-state index is 12.8. The molecule has 0 atom stereocenters. The molecule has 72 valence electrons. The van der Waals surface area contributed by atoms with Gasteiger partial charge in [-0.1, -0.05) is 11.8 Å². The van der Waals surface area contributed by atoms with Crippen molar-refractivity contribution in [2.75, 3.05) is 13.6 Å². The fourth-order valence-electron chi connectivity index (χ4n) is 0.967. The van der Waals surface area contributed by atoms with E-state index in [2.05, 4.69) is 17.2 Å². The molecule has 0 aromatic heterocycles. The zero-order valence-corrected chi connectivity index (χ0v) is 7.80. The Balaban J connectivity index is 3.00. The number of hydrogen-bond acceptors (Lipinski definition) is 2. The minimum absolute atomic E-state index is 0.385. The maximum Gasteiger partial charge on any atom is 0.151 e. The molecule has 0 aliphatic heterocycles. The van der Waals surface area contributed by atoms with E-state index in [0.717, 1.165) is 0 Å². The summed E-state index contributed by atoms with van der Waals surface area (Å²) in [6.07, 6.45) is 0.669. The van der Waals surface area contributed by atoms with Gasteiger partial charge >= 0.3 is 0 Å². The third-order valence-electron chi connectivity index (χ3n) is 1.63. The highest BCUT2D eigenvalue weighted by Crippen LogP contribution is 2.07. The Labute approximate surface area is 82.1 Å². The smallest absolute Gasteiger partial charge is 0.151 e. The van der Waals surface area contributed by atoms with Crippen LogP contribution in [0, 0.1) is 17.7 Å². The van der Waals surface area contributed by atoms with Gasteiger partial charge in [0.2, 0.25) is 0 Å². The maximum atomic E-state index is 12.8. The Morgan fingerprint density at radius 1 is 1.57 bits per heavy atom. The summed E-state index contributed by atoms with van der Waals surface area (Å²) in [7, 11) is 1.76. The first kappa shape index (κ1) is 10.4. The Bertz CT molecular complexity index is 390. The summed E-state index contributed by atoms with van der Waals surface area (Å²) in [5.41, 5.74) is 0.838. The molecule has 0 aliphatic carbocycles. The molecule has 1 N–H and O–H groups in total. The second kappa shape index (κ2) is 5.15. The standard InChI is InChI=1S/C11H10FNO/c1-13-6-2-3-9-7-11(12)5-4-10(9)8-14/h4-5,7-8,13H,6H2,1H3. The van der Waals surface area contributed by atoms with Crippen molar-refractivity contribution < 1.29 is 9.18 Å². The highest BCUT2D eigenvalue weighted by Gasteiger charge is 1.99. The minimum Gasteiger partial charge on any atom is -0.309 e. The molecule has 2 nitrogen and oxygen atoms in total. The van der Waals surface area contributed by atoms with Crippen molar-refractivity contribution in [3.05, 3.63) is 35.1 Å². The highest BCUT2D eigenvalue weighted by atomic mass is 19.1. The van der Waals surface area contributed by atoms with Crippen LogP contribution in [0.5, 0.6) is 0 Å². The molecule has 0 aliphatic rings. The van der Waals surface area contributed by atoms with Gasteiger partial charge in [0, 0.05) is 11.1 Å². The number of carbonyl (C=O) groups is 1. The van der Waals surface area contributed by atoms with E-state index < -0.39 is 0 Å². The van der Waals surface area contributed by atoms with Crippen molar-refractivity contribution in [2.24, 2.45) is 0 Å². The summed E-state index contributed by atoms with van der Waals surface area (Å²) >= 11 is 0. The van der Waals surface area contributed by atoms with Crippen LogP contribution in [0.25, 0.3) is 0 Å². The van der Waals surface area contributed by atoms with Crippen LogP contribution >= 0.6 is 0 Å². The molecule has 0 spiro atoms. The number of nitrogens with one attached hydrogen (secondary N) is 1. The van der Waals surface area contributed by atoms with E-state index in [1.807, 2.05) is 0 Å². The predicted molar refractivity (Wildman–Crippen MR) is 52.6 cm³/mol. The molecule has 0 saturated heterocycles. The van der Waals surface area contributed by atoms with Gasteiger partial charge in [-0.3, -0.25) is 4.79 Å². The molecule has 1 aromatic carbocycles. The summed E-state index contributed by atoms with van der Waals surface area (Å²) in [5.74, 6) is 5.10. The van der Waals surface area contributed by atoms with E-state index in [9.17, 15) is 9.18 Å². The highest BCUT2D eigenvalue weighted by molar-refractivity contribution is 5.79. The van der Waals surface area contributed by atoms with E-state index in [1.54, 1.807) is 7.05 Å². The molecule has 0 amide bonds. The number of carbonyl (C=O) groups excluding carboxylic acids is 1. The summed E-state index contributed by atoms with van der Waals surface area (Å²) in [6.45, 7) is 0.509. The molecule has 0 saturated carbocycles. The van der Waals surface area contributed by atoms with Crippen LogP contribution in [-0.4, -0.2) is 19.9 Å². The molecular formula is C11H10FNO. The average Bonchev–Trinajstić information content (AvgIpc) is 2.19. The molecular weight excluding hydrogens is 181 g/mol. The van der Waals surface area contributed by atoms with E-state index >= 15 is 0 Å². The first-order valence-corrected chi connectivity index (χ1v) is 4.16. The average molecular weight is 191 g/mol. The van der Waals surface area contributed by atoms with E-state index in [4.69, 9.17) is 0 Å². The van der Waals surface area contributed by atoms with Crippen LogP contribution in [0.2, 0.25) is 0 Å². The normalized spacial score (nSPS) is 9.00. The Hall–Kier alpha value is -1.66. The van der Waals surface area contributed by atoms with Gasteiger partial charge in [-0.2, -0.15) is 0 Å². The first-order chi connectivity index (χ1) is 6.77. The fraction of sp³-hybridized carbons (Fsp3) is 0.182. The van der Waals surface area contributed by atoms with Crippen LogP contribution in [0.1, 0.15) is 15.9 Å². The summed E-state index contributed by atoms with van der Waals surface area (Å²) in [4.78, 5) is 10.6.